The fraction of sp³-hybridized carbons (Fsp3) is 0.300. The molecule has 4 heterocycles. The number of hydrogen-bond donors (Lipinski definition) is 0. The lowest BCUT2D eigenvalue weighted by molar-refractivity contribution is 0.312. The van der Waals surface area contributed by atoms with Gasteiger partial charge in [-0.3, -0.25) is 4.40 Å². The zero-order chi connectivity index (χ0) is 18.4. The fourth-order valence-corrected chi connectivity index (χ4v) is 3.59. The molecule has 0 N–H and O–H groups in total. The van der Waals surface area contributed by atoms with Gasteiger partial charge in [0.15, 0.2) is 0 Å². The molecule has 0 bridgehead atoms. The van der Waals surface area contributed by atoms with Gasteiger partial charge in [-0.15, -0.1) is 0 Å². The summed E-state index contributed by atoms with van der Waals surface area (Å²) in [6.45, 7) is 4.10. The molecule has 0 atom stereocenters. The van der Waals surface area contributed by atoms with E-state index in [1.54, 1.807) is 12.3 Å². The summed E-state index contributed by atoms with van der Waals surface area (Å²) < 4.78 is 22.6. The summed E-state index contributed by atoms with van der Waals surface area (Å²) in [5.41, 5.74) is 2.97. The topological polar surface area (TPSA) is 45.9 Å². The van der Waals surface area contributed by atoms with E-state index in [1.165, 1.54) is 0 Å². The molecule has 0 spiro atoms. The number of hydrogen-bond acceptors (Lipinski definition) is 5. The Balaban J connectivity index is 1.48. The van der Waals surface area contributed by atoms with E-state index in [4.69, 9.17) is 4.74 Å². The predicted octanol–water partition coefficient (Wildman–Crippen LogP) is 2.55. The highest BCUT2D eigenvalue weighted by atomic mass is 19.1. The minimum absolute atomic E-state index is 0.263. The second-order valence-corrected chi connectivity index (χ2v) is 7.04. The van der Waals surface area contributed by atoms with Gasteiger partial charge in [0.2, 0.25) is 5.78 Å². The lowest BCUT2D eigenvalue weighted by Crippen LogP contribution is -2.44. The van der Waals surface area contributed by atoms with Crippen LogP contribution in [0.2, 0.25) is 0 Å². The Hall–Kier alpha value is -2.93. The monoisotopic (exact) mass is 365 g/mol. The van der Waals surface area contributed by atoms with Gasteiger partial charge in [0.25, 0.3) is 0 Å². The Morgan fingerprint density at radius 1 is 1.15 bits per heavy atom. The summed E-state index contributed by atoms with van der Waals surface area (Å²) in [4.78, 5) is 13.2. The van der Waals surface area contributed by atoms with Crippen molar-refractivity contribution in [3.63, 3.8) is 0 Å². The Morgan fingerprint density at radius 2 is 2.00 bits per heavy atom. The number of imidazole rings is 1. The van der Waals surface area contributed by atoms with E-state index in [0.717, 1.165) is 43.1 Å². The molecule has 0 aliphatic carbocycles. The number of anilines is 1. The van der Waals surface area contributed by atoms with Crippen molar-refractivity contribution in [2.75, 3.05) is 44.7 Å². The van der Waals surface area contributed by atoms with Crippen LogP contribution < -0.4 is 9.64 Å². The number of aromatic nitrogens is 3. The van der Waals surface area contributed by atoms with E-state index < -0.39 is 0 Å². The number of rotatable bonds is 2. The first-order valence-electron chi connectivity index (χ1n) is 9.08. The van der Waals surface area contributed by atoms with Crippen LogP contribution in [0.4, 0.5) is 10.1 Å². The molecule has 6 nitrogen and oxygen atoms in total. The largest absolute Gasteiger partial charge is 0.488 e. The molecule has 0 amide bonds. The van der Waals surface area contributed by atoms with E-state index in [2.05, 4.69) is 26.8 Å². The van der Waals surface area contributed by atoms with Crippen LogP contribution in [0.25, 0.3) is 17.4 Å². The van der Waals surface area contributed by atoms with Gasteiger partial charge in [0, 0.05) is 62.1 Å². The first-order chi connectivity index (χ1) is 13.2. The standard InChI is InChI=1S/C20H20FN5O/c1-24-5-7-25(8-6-24)15-10-17(21)16-9-14(13-27-19(16)11-15)18-12-26-4-2-3-22-20(26)23-18/h2-4,9-12H,5-8,13H2,1H3. The van der Waals surface area contributed by atoms with Crippen LogP contribution in [-0.4, -0.2) is 59.1 Å². The summed E-state index contributed by atoms with van der Waals surface area (Å²) >= 11 is 0. The van der Waals surface area contributed by atoms with Crippen LogP contribution in [-0.2, 0) is 0 Å². The number of fused-ring (bicyclic) bond motifs is 2. The van der Waals surface area contributed by atoms with Gasteiger partial charge in [0.05, 0.1) is 11.3 Å². The molecule has 27 heavy (non-hydrogen) atoms. The number of piperazine rings is 1. The minimum Gasteiger partial charge on any atom is -0.488 e. The summed E-state index contributed by atoms with van der Waals surface area (Å²) in [5.74, 6) is 0.945. The highest BCUT2D eigenvalue weighted by Gasteiger charge is 2.22. The highest BCUT2D eigenvalue weighted by molar-refractivity contribution is 5.85. The Kier molecular flexibility index (Phi) is 3.82. The van der Waals surface area contributed by atoms with Crippen molar-refractivity contribution in [2.24, 2.45) is 0 Å². The molecule has 3 aromatic rings. The molecular formula is C20H20FN5O. The summed E-state index contributed by atoms with van der Waals surface area (Å²) in [6.07, 6.45) is 7.31. The fourth-order valence-electron chi connectivity index (χ4n) is 3.59. The van der Waals surface area contributed by atoms with Crippen LogP contribution >= 0.6 is 0 Å². The Labute approximate surface area is 156 Å². The van der Waals surface area contributed by atoms with E-state index in [-0.39, 0.29) is 5.82 Å². The SMILES string of the molecule is CN1CCN(c2cc(F)c3c(c2)OCC(c2cn4cccnc4n2)=C3)CC1. The number of likely N-dealkylation sites (N-methyl/N-ethyl adjacent to an activating group) is 1. The van der Waals surface area contributed by atoms with E-state index in [0.29, 0.717) is 23.7 Å². The van der Waals surface area contributed by atoms with E-state index in [1.807, 2.05) is 35.0 Å². The van der Waals surface area contributed by atoms with Crippen LogP contribution in [0.5, 0.6) is 5.75 Å². The average Bonchev–Trinajstić information content (AvgIpc) is 3.12. The van der Waals surface area contributed by atoms with Gasteiger partial charge >= 0.3 is 0 Å². The molecule has 138 valence electrons. The molecule has 1 aromatic carbocycles. The molecule has 2 aliphatic heterocycles. The zero-order valence-corrected chi connectivity index (χ0v) is 15.1. The van der Waals surface area contributed by atoms with Gasteiger partial charge < -0.3 is 14.5 Å². The van der Waals surface area contributed by atoms with Crippen molar-refractivity contribution in [1.82, 2.24) is 19.3 Å². The molecule has 2 aliphatic rings. The van der Waals surface area contributed by atoms with Gasteiger partial charge in [-0.1, -0.05) is 0 Å². The summed E-state index contributed by atoms with van der Waals surface area (Å²) in [6, 6.07) is 5.40. The Morgan fingerprint density at radius 3 is 2.81 bits per heavy atom. The second kappa shape index (κ2) is 6.35. The molecule has 0 saturated carbocycles. The van der Waals surface area contributed by atoms with Crippen molar-refractivity contribution in [3.05, 3.63) is 53.9 Å². The first kappa shape index (κ1) is 16.3. The van der Waals surface area contributed by atoms with Crippen molar-refractivity contribution < 1.29 is 9.13 Å². The third-order valence-electron chi connectivity index (χ3n) is 5.21. The molecule has 1 saturated heterocycles. The van der Waals surface area contributed by atoms with Crippen LogP contribution in [0.15, 0.2) is 36.8 Å². The first-order valence-corrected chi connectivity index (χ1v) is 9.08. The van der Waals surface area contributed by atoms with Crippen molar-refractivity contribution >= 4 is 23.1 Å². The molecule has 2 aromatic heterocycles. The maximum absolute atomic E-state index is 14.9. The lowest BCUT2D eigenvalue weighted by atomic mass is 10.0. The van der Waals surface area contributed by atoms with E-state index in [9.17, 15) is 4.39 Å². The maximum atomic E-state index is 14.9. The van der Waals surface area contributed by atoms with Gasteiger partial charge in [-0.05, 0) is 25.3 Å². The maximum Gasteiger partial charge on any atom is 0.234 e. The van der Waals surface area contributed by atoms with Crippen LogP contribution in [0.1, 0.15) is 11.3 Å². The zero-order valence-electron chi connectivity index (χ0n) is 15.1. The van der Waals surface area contributed by atoms with Gasteiger partial charge in [-0.2, -0.15) is 0 Å². The Bertz CT molecular complexity index is 1000. The normalized spacial score (nSPS) is 17.6. The number of ether oxygens (including phenoxy) is 1. The quantitative estimate of drug-likeness (QED) is 0.698. The number of benzene rings is 1. The predicted molar refractivity (Wildman–Crippen MR) is 102 cm³/mol. The lowest BCUT2D eigenvalue weighted by Gasteiger charge is -2.34. The minimum atomic E-state index is -0.263. The number of nitrogens with zero attached hydrogens (tertiary/aromatic N) is 5. The molecule has 1 fully saturated rings. The van der Waals surface area contributed by atoms with Crippen molar-refractivity contribution in [1.29, 1.82) is 0 Å². The average molecular weight is 365 g/mol. The number of halogens is 1. The summed E-state index contributed by atoms with van der Waals surface area (Å²) in [5, 5.41) is 0. The van der Waals surface area contributed by atoms with Gasteiger partial charge in [0.1, 0.15) is 18.2 Å². The third kappa shape index (κ3) is 2.94. The third-order valence-corrected chi connectivity index (χ3v) is 5.21. The molecule has 0 unspecified atom stereocenters. The molecule has 5 rings (SSSR count). The van der Waals surface area contributed by atoms with Crippen LogP contribution in [0, 0.1) is 5.82 Å². The van der Waals surface area contributed by atoms with Crippen molar-refractivity contribution in [2.45, 2.75) is 0 Å². The highest BCUT2D eigenvalue weighted by Crippen LogP contribution is 2.35. The second-order valence-electron chi connectivity index (χ2n) is 7.04. The van der Waals surface area contributed by atoms with Crippen LogP contribution in [0.3, 0.4) is 0 Å². The molecular weight excluding hydrogens is 345 g/mol. The van der Waals surface area contributed by atoms with Crippen molar-refractivity contribution in [3.8, 4) is 5.75 Å². The molecule has 7 heteroatoms. The van der Waals surface area contributed by atoms with Gasteiger partial charge in [-0.25, -0.2) is 14.4 Å². The van der Waals surface area contributed by atoms with E-state index >= 15 is 0 Å². The summed E-state index contributed by atoms with van der Waals surface area (Å²) in [7, 11) is 2.11. The smallest absolute Gasteiger partial charge is 0.234 e. The molecule has 0 radical (unpaired) electrons.